The Balaban J connectivity index is 1.98. The highest BCUT2D eigenvalue weighted by molar-refractivity contribution is 5.97. The SMILES string of the molecule is NC(=NO)c1cccc(CNC2CCC2)c1. The summed E-state index contributed by atoms with van der Waals surface area (Å²) in [5, 5.41) is 15.1. The van der Waals surface area contributed by atoms with Crippen molar-refractivity contribution in [3.63, 3.8) is 0 Å². The highest BCUT2D eigenvalue weighted by Crippen LogP contribution is 2.18. The third-order valence-corrected chi connectivity index (χ3v) is 3.03. The lowest BCUT2D eigenvalue weighted by atomic mass is 9.93. The summed E-state index contributed by atoms with van der Waals surface area (Å²) in [6.07, 6.45) is 3.89. The van der Waals surface area contributed by atoms with Crippen molar-refractivity contribution in [2.75, 3.05) is 0 Å². The maximum Gasteiger partial charge on any atom is 0.170 e. The Labute approximate surface area is 95.1 Å². The number of hydrogen-bond donors (Lipinski definition) is 3. The molecule has 0 spiro atoms. The quantitative estimate of drug-likeness (QED) is 0.310. The number of hydrogen-bond acceptors (Lipinski definition) is 3. The van der Waals surface area contributed by atoms with Gasteiger partial charge in [0.05, 0.1) is 0 Å². The Hall–Kier alpha value is -1.55. The predicted octanol–water partition coefficient (Wildman–Crippen LogP) is 1.42. The molecule has 1 aliphatic carbocycles. The van der Waals surface area contributed by atoms with Crippen LogP contribution in [0.2, 0.25) is 0 Å². The fourth-order valence-electron chi connectivity index (χ4n) is 1.77. The van der Waals surface area contributed by atoms with Gasteiger partial charge in [0.15, 0.2) is 5.84 Å². The van der Waals surface area contributed by atoms with Crippen LogP contribution in [0.1, 0.15) is 30.4 Å². The summed E-state index contributed by atoms with van der Waals surface area (Å²) in [6, 6.07) is 8.42. The van der Waals surface area contributed by atoms with Crippen LogP contribution in [0, 0.1) is 0 Å². The molecular formula is C12H17N3O. The van der Waals surface area contributed by atoms with E-state index in [1.165, 1.54) is 19.3 Å². The van der Waals surface area contributed by atoms with Gasteiger partial charge in [-0.05, 0) is 24.5 Å². The molecule has 0 aliphatic heterocycles. The topological polar surface area (TPSA) is 70.6 Å². The number of oxime groups is 1. The average molecular weight is 219 g/mol. The molecule has 0 heterocycles. The minimum Gasteiger partial charge on any atom is -0.409 e. The zero-order chi connectivity index (χ0) is 11.4. The Morgan fingerprint density at radius 3 is 2.94 bits per heavy atom. The largest absolute Gasteiger partial charge is 0.409 e. The molecule has 0 saturated heterocycles. The van der Waals surface area contributed by atoms with Gasteiger partial charge in [-0.1, -0.05) is 29.8 Å². The highest BCUT2D eigenvalue weighted by Gasteiger charge is 2.15. The fraction of sp³-hybridized carbons (Fsp3) is 0.417. The minimum absolute atomic E-state index is 0.158. The molecule has 1 aromatic rings. The summed E-state index contributed by atoms with van der Waals surface area (Å²) in [5.74, 6) is 0.158. The van der Waals surface area contributed by atoms with Gasteiger partial charge >= 0.3 is 0 Å². The molecule has 4 nitrogen and oxygen atoms in total. The molecule has 1 aliphatic rings. The van der Waals surface area contributed by atoms with E-state index in [2.05, 4.69) is 10.5 Å². The van der Waals surface area contributed by atoms with Crippen molar-refractivity contribution in [1.29, 1.82) is 0 Å². The van der Waals surface area contributed by atoms with Crippen molar-refractivity contribution in [2.24, 2.45) is 10.9 Å². The van der Waals surface area contributed by atoms with E-state index in [-0.39, 0.29) is 5.84 Å². The lowest BCUT2D eigenvalue weighted by Crippen LogP contribution is -2.34. The zero-order valence-corrected chi connectivity index (χ0v) is 9.19. The smallest absolute Gasteiger partial charge is 0.170 e. The third-order valence-electron chi connectivity index (χ3n) is 3.03. The van der Waals surface area contributed by atoms with Crippen LogP contribution in [-0.4, -0.2) is 17.1 Å². The Morgan fingerprint density at radius 2 is 2.31 bits per heavy atom. The van der Waals surface area contributed by atoms with E-state index >= 15 is 0 Å². The minimum atomic E-state index is 0.158. The maximum absolute atomic E-state index is 8.59. The van der Waals surface area contributed by atoms with Gasteiger partial charge in [-0.3, -0.25) is 0 Å². The summed E-state index contributed by atoms with van der Waals surface area (Å²) in [6.45, 7) is 0.844. The normalized spacial score (nSPS) is 17.1. The second-order valence-electron chi connectivity index (χ2n) is 4.19. The second kappa shape index (κ2) is 4.99. The number of nitrogens with zero attached hydrogens (tertiary/aromatic N) is 1. The first-order chi connectivity index (χ1) is 7.79. The molecule has 4 N–H and O–H groups in total. The lowest BCUT2D eigenvalue weighted by Gasteiger charge is -2.26. The second-order valence-corrected chi connectivity index (χ2v) is 4.19. The molecule has 86 valence electrons. The van der Waals surface area contributed by atoms with Gasteiger partial charge in [0, 0.05) is 18.2 Å². The summed E-state index contributed by atoms with van der Waals surface area (Å²) >= 11 is 0. The molecule has 0 radical (unpaired) electrons. The number of amidine groups is 1. The summed E-state index contributed by atoms with van der Waals surface area (Å²) in [4.78, 5) is 0. The molecule has 0 amide bonds. The molecular weight excluding hydrogens is 202 g/mol. The van der Waals surface area contributed by atoms with Crippen molar-refractivity contribution in [2.45, 2.75) is 31.8 Å². The predicted molar refractivity (Wildman–Crippen MR) is 63.4 cm³/mol. The molecule has 16 heavy (non-hydrogen) atoms. The Kier molecular flexibility index (Phi) is 3.41. The first-order valence-electron chi connectivity index (χ1n) is 5.60. The molecule has 0 bridgehead atoms. The number of rotatable bonds is 4. The van der Waals surface area contributed by atoms with E-state index in [1.807, 2.05) is 24.3 Å². The van der Waals surface area contributed by atoms with E-state index < -0.39 is 0 Å². The first kappa shape index (κ1) is 11.0. The summed E-state index contributed by atoms with van der Waals surface area (Å²) in [7, 11) is 0. The van der Waals surface area contributed by atoms with Crippen LogP contribution >= 0.6 is 0 Å². The van der Waals surface area contributed by atoms with Gasteiger partial charge in [-0.2, -0.15) is 0 Å². The summed E-state index contributed by atoms with van der Waals surface area (Å²) in [5.41, 5.74) is 7.46. The van der Waals surface area contributed by atoms with E-state index in [0.717, 1.165) is 17.7 Å². The van der Waals surface area contributed by atoms with Crippen molar-refractivity contribution in [3.05, 3.63) is 35.4 Å². The van der Waals surface area contributed by atoms with E-state index in [4.69, 9.17) is 10.9 Å². The van der Waals surface area contributed by atoms with Crippen LogP contribution in [0.25, 0.3) is 0 Å². The zero-order valence-electron chi connectivity index (χ0n) is 9.19. The van der Waals surface area contributed by atoms with Gasteiger partial charge < -0.3 is 16.3 Å². The molecule has 2 rings (SSSR count). The van der Waals surface area contributed by atoms with Crippen molar-refractivity contribution < 1.29 is 5.21 Å². The van der Waals surface area contributed by atoms with Crippen LogP contribution in [0.15, 0.2) is 29.4 Å². The van der Waals surface area contributed by atoms with Crippen molar-refractivity contribution in [3.8, 4) is 0 Å². The third kappa shape index (κ3) is 2.52. The van der Waals surface area contributed by atoms with Gasteiger partial charge in [0.1, 0.15) is 0 Å². The van der Waals surface area contributed by atoms with Crippen LogP contribution < -0.4 is 11.1 Å². The van der Waals surface area contributed by atoms with Gasteiger partial charge in [0.2, 0.25) is 0 Å². The van der Waals surface area contributed by atoms with Crippen LogP contribution in [0.4, 0.5) is 0 Å². The lowest BCUT2D eigenvalue weighted by molar-refractivity contribution is 0.318. The van der Waals surface area contributed by atoms with Gasteiger partial charge in [0.25, 0.3) is 0 Å². The molecule has 1 aromatic carbocycles. The molecule has 0 atom stereocenters. The number of benzene rings is 1. The molecule has 0 unspecified atom stereocenters. The highest BCUT2D eigenvalue weighted by atomic mass is 16.4. The molecule has 1 saturated carbocycles. The first-order valence-corrected chi connectivity index (χ1v) is 5.60. The summed E-state index contributed by atoms with van der Waals surface area (Å²) < 4.78 is 0. The van der Waals surface area contributed by atoms with Gasteiger partial charge in [-0.25, -0.2) is 0 Å². The monoisotopic (exact) mass is 219 g/mol. The molecule has 4 heteroatoms. The van der Waals surface area contributed by atoms with Gasteiger partial charge in [-0.15, -0.1) is 0 Å². The Bertz CT molecular complexity index is 386. The fourth-order valence-corrected chi connectivity index (χ4v) is 1.77. The van der Waals surface area contributed by atoms with Crippen LogP contribution in [-0.2, 0) is 6.54 Å². The molecule has 1 fully saturated rings. The van der Waals surface area contributed by atoms with Crippen LogP contribution in [0.5, 0.6) is 0 Å². The number of nitrogens with one attached hydrogen (secondary N) is 1. The standard InChI is InChI=1S/C12H17N3O/c13-12(15-16)10-4-1-3-9(7-10)8-14-11-5-2-6-11/h1,3-4,7,11,14,16H,2,5-6,8H2,(H2,13,15). The van der Waals surface area contributed by atoms with E-state index in [1.54, 1.807) is 0 Å². The molecule has 0 aromatic heterocycles. The number of nitrogens with two attached hydrogens (primary N) is 1. The Morgan fingerprint density at radius 1 is 1.50 bits per heavy atom. The average Bonchev–Trinajstić information content (AvgIpc) is 2.26. The van der Waals surface area contributed by atoms with Crippen molar-refractivity contribution >= 4 is 5.84 Å². The van der Waals surface area contributed by atoms with Crippen LogP contribution in [0.3, 0.4) is 0 Å². The van der Waals surface area contributed by atoms with E-state index in [0.29, 0.717) is 6.04 Å². The van der Waals surface area contributed by atoms with E-state index in [9.17, 15) is 0 Å². The van der Waals surface area contributed by atoms with Crippen molar-refractivity contribution in [1.82, 2.24) is 5.32 Å². The maximum atomic E-state index is 8.59.